The van der Waals surface area contributed by atoms with Crippen molar-refractivity contribution in [1.29, 1.82) is 0 Å². The number of hydrogen-bond donors (Lipinski definition) is 2. The zero-order valence-corrected chi connectivity index (χ0v) is 11.2. The van der Waals surface area contributed by atoms with Gasteiger partial charge in [0.25, 0.3) is 0 Å². The molecule has 3 aromatic rings. The SMILES string of the molecule is Clc1c(CNCCn2cccn2)[nH]c2ccccc12. The first kappa shape index (κ1) is 12.3. The van der Waals surface area contributed by atoms with Crippen LogP contribution in [0.2, 0.25) is 5.02 Å². The maximum absolute atomic E-state index is 6.35. The summed E-state index contributed by atoms with van der Waals surface area (Å²) >= 11 is 6.35. The number of aromatic nitrogens is 3. The standard InChI is InChI=1S/C14H15ClN4/c15-14-11-4-1-2-5-12(11)18-13(14)10-16-7-9-19-8-3-6-17-19/h1-6,8,16,18H,7,9-10H2. The Labute approximate surface area is 116 Å². The van der Waals surface area contributed by atoms with Crippen molar-refractivity contribution in [2.24, 2.45) is 0 Å². The largest absolute Gasteiger partial charge is 0.356 e. The van der Waals surface area contributed by atoms with E-state index in [0.29, 0.717) is 0 Å². The molecule has 0 amide bonds. The summed E-state index contributed by atoms with van der Waals surface area (Å²) in [5.41, 5.74) is 2.11. The predicted octanol–water partition coefficient (Wildman–Crippen LogP) is 2.81. The molecule has 0 bridgehead atoms. The van der Waals surface area contributed by atoms with E-state index in [1.807, 2.05) is 41.2 Å². The van der Waals surface area contributed by atoms with E-state index in [9.17, 15) is 0 Å². The molecule has 0 fully saturated rings. The second-order valence-electron chi connectivity index (χ2n) is 4.41. The third kappa shape index (κ3) is 2.64. The van der Waals surface area contributed by atoms with Gasteiger partial charge >= 0.3 is 0 Å². The number of hydrogen-bond acceptors (Lipinski definition) is 2. The lowest BCUT2D eigenvalue weighted by Crippen LogP contribution is -2.20. The number of H-pyrrole nitrogens is 1. The Morgan fingerprint density at radius 2 is 2.16 bits per heavy atom. The molecule has 0 radical (unpaired) electrons. The molecule has 0 aliphatic rings. The highest BCUT2D eigenvalue weighted by Crippen LogP contribution is 2.26. The highest BCUT2D eigenvalue weighted by molar-refractivity contribution is 6.36. The van der Waals surface area contributed by atoms with Gasteiger partial charge < -0.3 is 10.3 Å². The smallest absolute Gasteiger partial charge is 0.0705 e. The van der Waals surface area contributed by atoms with Crippen LogP contribution < -0.4 is 5.32 Å². The molecule has 0 spiro atoms. The fraction of sp³-hybridized carbons (Fsp3) is 0.214. The topological polar surface area (TPSA) is 45.6 Å². The van der Waals surface area contributed by atoms with E-state index in [-0.39, 0.29) is 0 Å². The van der Waals surface area contributed by atoms with Crippen molar-refractivity contribution >= 4 is 22.5 Å². The van der Waals surface area contributed by atoms with Crippen LogP contribution in [0.15, 0.2) is 42.7 Å². The number of fused-ring (bicyclic) bond motifs is 1. The lowest BCUT2D eigenvalue weighted by Gasteiger charge is -2.04. The minimum absolute atomic E-state index is 0.731. The number of halogens is 1. The van der Waals surface area contributed by atoms with Gasteiger partial charge in [0.1, 0.15) is 0 Å². The first-order valence-corrected chi connectivity index (χ1v) is 6.65. The van der Waals surface area contributed by atoms with Crippen LogP contribution in [0.25, 0.3) is 10.9 Å². The Kier molecular flexibility index (Phi) is 3.53. The second-order valence-corrected chi connectivity index (χ2v) is 4.79. The fourth-order valence-corrected chi connectivity index (χ4v) is 2.40. The Morgan fingerprint density at radius 1 is 1.26 bits per heavy atom. The van der Waals surface area contributed by atoms with Crippen molar-refractivity contribution in [3.63, 3.8) is 0 Å². The summed E-state index contributed by atoms with van der Waals surface area (Å²) in [6.45, 7) is 2.44. The normalized spacial score (nSPS) is 11.2. The van der Waals surface area contributed by atoms with Crippen LogP contribution in [0, 0.1) is 0 Å². The van der Waals surface area contributed by atoms with Crippen molar-refractivity contribution in [3.8, 4) is 0 Å². The Bertz CT molecular complexity index is 657. The zero-order chi connectivity index (χ0) is 13.1. The van der Waals surface area contributed by atoms with Gasteiger partial charge in [-0.15, -0.1) is 0 Å². The quantitative estimate of drug-likeness (QED) is 0.703. The molecule has 1 aromatic carbocycles. The summed E-state index contributed by atoms with van der Waals surface area (Å²) in [7, 11) is 0. The summed E-state index contributed by atoms with van der Waals surface area (Å²) in [6.07, 6.45) is 3.74. The summed E-state index contributed by atoms with van der Waals surface area (Å²) in [5, 5.41) is 9.41. The molecule has 0 atom stereocenters. The number of nitrogens with zero attached hydrogens (tertiary/aromatic N) is 2. The molecule has 4 nitrogen and oxygen atoms in total. The van der Waals surface area contributed by atoms with Crippen LogP contribution in [0.4, 0.5) is 0 Å². The van der Waals surface area contributed by atoms with E-state index in [1.54, 1.807) is 6.20 Å². The van der Waals surface area contributed by atoms with Crippen LogP contribution in [0.3, 0.4) is 0 Å². The summed E-state index contributed by atoms with van der Waals surface area (Å²) in [6, 6.07) is 9.99. The summed E-state index contributed by atoms with van der Waals surface area (Å²) in [5.74, 6) is 0. The van der Waals surface area contributed by atoms with Gasteiger partial charge in [-0.2, -0.15) is 5.10 Å². The van der Waals surface area contributed by atoms with E-state index < -0.39 is 0 Å². The van der Waals surface area contributed by atoms with Crippen LogP contribution in [0.5, 0.6) is 0 Å². The minimum Gasteiger partial charge on any atom is -0.356 e. The molecule has 3 rings (SSSR count). The average molecular weight is 275 g/mol. The molecule has 0 aliphatic heterocycles. The number of benzene rings is 1. The highest BCUT2D eigenvalue weighted by atomic mass is 35.5. The van der Waals surface area contributed by atoms with Gasteiger partial charge in [-0.3, -0.25) is 4.68 Å². The van der Waals surface area contributed by atoms with E-state index >= 15 is 0 Å². The molecule has 0 saturated heterocycles. The van der Waals surface area contributed by atoms with E-state index in [0.717, 1.165) is 41.3 Å². The Hall–Kier alpha value is -1.78. The monoisotopic (exact) mass is 274 g/mol. The Morgan fingerprint density at radius 3 is 2.95 bits per heavy atom. The van der Waals surface area contributed by atoms with Crippen molar-refractivity contribution in [2.75, 3.05) is 6.54 Å². The van der Waals surface area contributed by atoms with Crippen molar-refractivity contribution in [3.05, 3.63) is 53.4 Å². The van der Waals surface area contributed by atoms with Gasteiger partial charge in [-0.1, -0.05) is 29.8 Å². The molecule has 0 saturated carbocycles. The molecule has 0 unspecified atom stereocenters. The van der Waals surface area contributed by atoms with E-state index in [4.69, 9.17) is 11.6 Å². The van der Waals surface area contributed by atoms with Gasteiger partial charge in [0.2, 0.25) is 0 Å². The molecule has 2 N–H and O–H groups in total. The molecular formula is C14H15ClN4. The van der Waals surface area contributed by atoms with Gasteiger partial charge in [0.05, 0.1) is 11.6 Å². The molecule has 19 heavy (non-hydrogen) atoms. The Balaban J connectivity index is 1.61. The highest BCUT2D eigenvalue weighted by Gasteiger charge is 2.07. The molecule has 2 aromatic heterocycles. The van der Waals surface area contributed by atoms with Gasteiger partial charge in [-0.05, 0) is 12.1 Å². The van der Waals surface area contributed by atoms with Gasteiger partial charge in [0, 0.05) is 42.1 Å². The molecule has 0 aliphatic carbocycles. The maximum Gasteiger partial charge on any atom is 0.0705 e. The van der Waals surface area contributed by atoms with E-state index in [1.165, 1.54) is 0 Å². The van der Waals surface area contributed by atoms with Gasteiger partial charge in [0.15, 0.2) is 0 Å². The second kappa shape index (κ2) is 5.47. The zero-order valence-electron chi connectivity index (χ0n) is 10.4. The molecule has 98 valence electrons. The summed E-state index contributed by atoms with van der Waals surface area (Å²) in [4.78, 5) is 3.34. The lowest BCUT2D eigenvalue weighted by atomic mass is 10.2. The summed E-state index contributed by atoms with van der Waals surface area (Å²) < 4.78 is 1.90. The molecular weight excluding hydrogens is 260 g/mol. The lowest BCUT2D eigenvalue weighted by molar-refractivity contribution is 0.552. The molecule has 5 heteroatoms. The van der Waals surface area contributed by atoms with Crippen LogP contribution in [-0.2, 0) is 13.1 Å². The van der Waals surface area contributed by atoms with Gasteiger partial charge in [-0.25, -0.2) is 0 Å². The molecule has 2 heterocycles. The van der Waals surface area contributed by atoms with Crippen LogP contribution in [0.1, 0.15) is 5.69 Å². The fourth-order valence-electron chi connectivity index (χ4n) is 2.13. The maximum atomic E-state index is 6.35. The van der Waals surface area contributed by atoms with Crippen LogP contribution >= 0.6 is 11.6 Å². The third-order valence-electron chi connectivity index (χ3n) is 3.09. The number of para-hydroxylation sites is 1. The van der Waals surface area contributed by atoms with Crippen molar-refractivity contribution in [2.45, 2.75) is 13.1 Å². The number of aromatic amines is 1. The first-order chi connectivity index (χ1) is 9.34. The third-order valence-corrected chi connectivity index (χ3v) is 3.52. The number of rotatable bonds is 5. The van der Waals surface area contributed by atoms with E-state index in [2.05, 4.69) is 15.4 Å². The average Bonchev–Trinajstić information content (AvgIpc) is 3.04. The van der Waals surface area contributed by atoms with Crippen LogP contribution in [-0.4, -0.2) is 21.3 Å². The first-order valence-electron chi connectivity index (χ1n) is 6.28. The van der Waals surface area contributed by atoms with Crippen molar-refractivity contribution < 1.29 is 0 Å². The van der Waals surface area contributed by atoms with Crippen molar-refractivity contribution in [1.82, 2.24) is 20.1 Å². The predicted molar refractivity (Wildman–Crippen MR) is 77.2 cm³/mol. The minimum atomic E-state index is 0.731. The number of nitrogens with one attached hydrogen (secondary N) is 2.